The van der Waals surface area contributed by atoms with Crippen molar-refractivity contribution in [2.24, 2.45) is 0 Å². The highest BCUT2D eigenvalue weighted by molar-refractivity contribution is 5.96. The van der Waals surface area contributed by atoms with Gasteiger partial charge in [0, 0.05) is 25.6 Å². The van der Waals surface area contributed by atoms with Gasteiger partial charge in [0.15, 0.2) is 0 Å². The molecule has 1 atom stereocenters. The lowest BCUT2D eigenvalue weighted by Gasteiger charge is -2.31. The second kappa shape index (κ2) is 7.30. The maximum absolute atomic E-state index is 13.1. The zero-order valence-corrected chi connectivity index (χ0v) is 15.8. The van der Waals surface area contributed by atoms with Crippen LogP contribution in [0.5, 0.6) is 0 Å². The summed E-state index contributed by atoms with van der Waals surface area (Å²) >= 11 is 0. The molecule has 2 aromatic rings. The number of nitrogens with zero attached hydrogens (tertiary/aromatic N) is 4. The summed E-state index contributed by atoms with van der Waals surface area (Å²) in [5, 5.41) is 11.0. The Morgan fingerprint density at radius 2 is 1.96 bits per heavy atom. The molecule has 2 aliphatic rings. The van der Waals surface area contributed by atoms with Crippen LogP contribution in [0.3, 0.4) is 0 Å². The van der Waals surface area contributed by atoms with Gasteiger partial charge in [-0.3, -0.25) is 9.78 Å². The maximum Gasteiger partial charge on any atom is 0.340 e. The lowest BCUT2D eigenvalue weighted by Crippen LogP contribution is -2.38. The van der Waals surface area contributed by atoms with E-state index in [1.165, 1.54) is 0 Å². The molecule has 0 radical (unpaired) electrons. The summed E-state index contributed by atoms with van der Waals surface area (Å²) in [6, 6.07) is 0. The standard InChI is InChI=1S/C18H26N6O3/c1-11-15(12(2)24(22-11)14-5-3-4-10-27-14)17(25)23-8-6-13(7-9-23)16-19-18(26)21-20-16/h13-14H,3-10H2,1-2H3,(H2,19,20,21,26). The van der Waals surface area contributed by atoms with Crippen LogP contribution in [0.1, 0.15) is 71.8 Å². The average molecular weight is 374 g/mol. The molecule has 4 rings (SSSR count). The van der Waals surface area contributed by atoms with Crippen molar-refractivity contribution in [2.75, 3.05) is 19.7 Å². The molecule has 27 heavy (non-hydrogen) atoms. The highest BCUT2D eigenvalue weighted by Crippen LogP contribution is 2.29. The number of carbonyl (C=O) groups is 1. The Morgan fingerprint density at radius 1 is 1.19 bits per heavy atom. The molecule has 2 N–H and O–H groups in total. The van der Waals surface area contributed by atoms with E-state index in [0.717, 1.165) is 50.1 Å². The van der Waals surface area contributed by atoms with Crippen LogP contribution in [0, 0.1) is 13.8 Å². The van der Waals surface area contributed by atoms with Gasteiger partial charge in [-0.25, -0.2) is 14.6 Å². The predicted octanol–water partition coefficient (Wildman–Crippen LogP) is 1.63. The van der Waals surface area contributed by atoms with Crippen LogP contribution in [0.15, 0.2) is 4.79 Å². The molecular formula is C18H26N6O3. The summed E-state index contributed by atoms with van der Waals surface area (Å²) in [5.41, 5.74) is 2.04. The number of piperidine rings is 1. The molecule has 1 unspecified atom stereocenters. The molecule has 9 nitrogen and oxygen atoms in total. The summed E-state index contributed by atoms with van der Waals surface area (Å²) < 4.78 is 7.72. The number of hydrogen-bond donors (Lipinski definition) is 2. The Bertz CT molecular complexity index is 868. The molecule has 2 saturated heterocycles. The van der Waals surface area contributed by atoms with Gasteiger partial charge >= 0.3 is 5.69 Å². The Morgan fingerprint density at radius 3 is 2.59 bits per heavy atom. The third-order valence-electron chi connectivity index (χ3n) is 5.66. The van der Waals surface area contributed by atoms with Crippen molar-refractivity contribution >= 4 is 5.91 Å². The number of amides is 1. The van der Waals surface area contributed by atoms with Gasteiger partial charge in [0.1, 0.15) is 12.1 Å². The highest BCUT2D eigenvalue weighted by Gasteiger charge is 2.30. The number of aromatic amines is 2. The fourth-order valence-corrected chi connectivity index (χ4v) is 4.16. The van der Waals surface area contributed by atoms with Crippen molar-refractivity contribution in [2.45, 2.75) is 58.1 Å². The fourth-order valence-electron chi connectivity index (χ4n) is 4.16. The van der Waals surface area contributed by atoms with E-state index in [4.69, 9.17) is 4.74 Å². The highest BCUT2D eigenvalue weighted by atomic mass is 16.5. The van der Waals surface area contributed by atoms with E-state index < -0.39 is 0 Å². The molecule has 1 amide bonds. The minimum absolute atomic E-state index is 0.0287. The molecule has 146 valence electrons. The molecule has 0 bridgehead atoms. The first kappa shape index (κ1) is 18.0. The number of aryl methyl sites for hydroxylation is 1. The zero-order chi connectivity index (χ0) is 19.0. The second-order valence-corrected chi connectivity index (χ2v) is 7.44. The number of carbonyl (C=O) groups excluding carboxylic acids is 1. The van der Waals surface area contributed by atoms with Gasteiger partial charge in [-0.15, -0.1) is 0 Å². The normalized spacial score (nSPS) is 21.6. The van der Waals surface area contributed by atoms with Crippen molar-refractivity contribution in [1.29, 1.82) is 0 Å². The Balaban J connectivity index is 1.47. The molecule has 4 heterocycles. The summed E-state index contributed by atoms with van der Waals surface area (Å²) in [7, 11) is 0. The number of H-pyrrole nitrogens is 2. The van der Waals surface area contributed by atoms with E-state index in [-0.39, 0.29) is 23.7 Å². The summed E-state index contributed by atoms with van der Waals surface area (Å²) in [6.07, 6.45) is 4.63. The number of nitrogens with one attached hydrogen (secondary N) is 2. The first-order valence-electron chi connectivity index (χ1n) is 9.65. The van der Waals surface area contributed by atoms with Gasteiger partial charge in [-0.05, 0) is 46.0 Å². The van der Waals surface area contributed by atoms with Gasteiger partial charge in [-0.1, -0.05) is 0 Å². The van der Waals surface area contributed by atoms with Crippen molar-refractivity contribution < 1.29 is 9.53 Å². The number of ether oxygens (including phenoxy) is 1. The van der Waals surface area contributed by atoms with Crippen LogP contribution < -0.4 is 5.69 Å². The van der Waals surface area contributed by atoms with E-state index in [1.54, 1.807) is 0 Å². The van der Waals surface area contributed by atoms with Crippen LogP contribution in [0.2, 0.25) is 0 Å². The largest absolute Gasteiger partial charge is 0.357 e. The van der Waals surface area contributed by atoms with Gasteiger partial charge in [0.05, 0.1) is 17.0 Å². The van der Waals surface area contributed by atoms with Crippen LogP contribution in [-0.4, -0.2) is 55.5 Å². The maximum atomic E-state index is 13.1. The van der Waals surface area contributed by atoms with Gasteiger partial charge < -0.3 is 9.64 Å². The van der Waals surface area contributed by atoms with E-state index in [9.17, 15) is 9.59 Å². The lowest BCUT2D eigenvalue weighted by molar-refractivity contribution is -0.0408. The monoisotopic (exact) mass is 374 g/mol. The molecule has 0 spiro atoms. The van der Waals surface area contributed by atoms with Crippen LogP contribution in [-0.2, 0) is 4.74 Å². The number of rotatable bonds is 3. The average Bonchev–Trinajstić information content (AvgIpc) is 3.25. The molecule has 0 aromatic carbocycles. The predicted molar refractivity (Wildman–Crippen MR) is 97.6 cm³/mol. The van der Waals surface area contributed by atoms with Crippen molar-refractivity contribution in [3.63, 3.8) is 0 Å². The van der Waals surface area contributed by atoms with E-state index >= 15 is 0 Å². The molecule has 2 aromatic heterocycles. The van der Waals surface area contributed by atoms with Crippen LogP contribution in [0.4, 0.5) is 0 Å². The minimum Gasteiger partial charge on any atom is -0.357 e. The van der Waals surface area contributed by atoms with E-state index in [1.807, 2.05) is 23.4 Å². The number of hydrogen-bond acceptors (Lipinski definition) is 5. The summed E-state index contributed by atoms with van der Waals surface area (Å²) in [4.78, 5) is 29.0. The Hall–Kier alpha value is -2.42. The number of likely N-dealkylation sites (tertiary alicyclic amines) is 1. The molecule has 0 saturated carbocycles. The van der Waals surface area contributed by atoms with Crippen molar-refractivity contribution in [3.8, 4) is 0 Å². The molecule has 2 aliphatic heterocycles. The molecular weight excluding hydrogens is 348 g/mol. The molecule has 0 aliphatic carbocycles. The Labute approximate surface area is 157 Å². The topological polar surface area (TPSA) is 109 Å². The first-order chi connectivity index (χ1) is 13.0. The Kier molecular flexibility index (Phi) is 4.86. The van der Waals surface area contributed by atoms with Crippen LogP contribution in [0.25, 0.3) is 0 Å². The van der Waals surface area contributed by atoms with Gasteiger partial charge in [0.25, 0.3) is 5.91 Å². The quantitative estimate of drug-likeness (QED) is 0.849. The zero-order valence-electron chi connectivity index (χ0n) is 15.8. The first-order valence-corrected chi connectivity index (χ1v) is 9.65. The van der Waals surface area contributed by atoms with Crippen molar-refractivity contribution in [1.82, 2.24) is 29.9 Å². The van der Waals surface area contributed by atoms with Crippen molar-refractivity contribution in [3.05, 3.63) is 33.3 Å². The van der Waals surface area contributed by atoms with E-state index in [2.05, 4.69) is 20.3 Å². The fraction of sp³-hybridized carbons (Fsp3) is 0.667. The molecule has 9 heteroatoms. The summed E-state index contributed by atoms with van der Waals surface area (Å²) in [6.45, 7) is 5.87. The third kappa shape index (κ3) is 3.43. The second-order valence-electron chi connectivity index (χ2n) is 7.44. The van der Waals surface area contributed by atoms with Gasteiger partial charge in [-0.2, -0.15) is 10.2 Å². The SMILES string of the molecule is Cc1nn(C2CCCCO2)c(C)c1C(=O)N1CCC(c2n[nH]c(=O)[nH]2)CC1. The minimum atomic E-state index is -0.285. The third-order valence-corrected chi connectivity index (χ3v) is 5.66. The summed E-state index contributed by atoms with van der Waals surface area (Å²) in [5.74, 6) is 0.885. The lowest BCUT2D eigenvalue weighted by atomic mass is 9.95. The molecule has 2 fully saturated rings. The van der Waals surface area contributed by atoms with E-state index in [0.29, 0.717) is 24.5 Å². The smallest absolute Gasteiger partial charge is 0.340 e. The van der Waals surface area contributed by atoms with Crippen LogP contribution >= 0.6 is 0 Å². The van der Waals surface area contributed by atoms with Gasteiger partial charge in [0.2, 0.25) is 0 Å². The number of aromatic nitrogens is 5.